The van der Waals surface area contributed by atoms with E-state index in [4.69, 9.17) is 9.51 Å². The van der Waals surface area contributed by atoms with Gasteiger partial charge in [-0.25, -0.2) is 0 Å². The Balaban J connectivity index is 1.46. The summed E-state index contributed by atoms with van der Waals surface area (Å²) in [4.78, 5) is 4.73. The molecule has 1 saturated heterocycles. The number of rotatable bonds is 2. The van der Waals surface area contributed by atoms with Crippen molar-refractivity contribution in [3.63, 3.8) is 0 Å². The maximum Gasteiger partial charge on any atom is 0.243 e. The van der Waals surface area contributed by atoms with E-state index in [1.165, 1.54) is 51.4 Å². The first-order chi connectivity index (χ1) is 9.79. The van der Waals surface area contributed by atoms with Crippen molar-refractivity contribution in [2.24, 2.45) is 11.8 Å². The fourth-order valence-corrected chi connectivity index (χ4v) is 4.51. The van der Waals surface area contributed by atoms with Crippen LogP contribution in [0.4, 0.5) is 0 Å². The first-order valence-electron chi connectivity index (χ1n) is 8.39. The summed E-state index contributed by atoms with van der Waals surface area (Å²) < 4.78 is 5.58. The molecule has 0 aromatic carbocycles. The first kappa shape index (κ1) is 12.8. The van der Waals surface area contributed by atoms with Crippen molar-refractivity contribution >= 4 is 0 Å². The van der Waals surface area contributed by atoms with E-state index in [-0.39, 0.29) is 0 Å². The molecule has 1 aromatic heterocycles. The highest BCUT2D eigenvalue weighted by Gasteiger charge is 2.38. The molecule has 3 aliphatic rings. The highest BCUT2D eigenvalue weighted by molar-refractivity contribution is 5.05. The summed E-state index contributed by atoms with van der Waals surface area (Å²) in [5.41, 5.74) is 0. The Labute approximate surface area is 120 Å². The minimum Gasteiger partial charge on any atom is -0.338 e. The summed E-state index contributed by atoms with van der Waals surface area (Å²) in [5, 5.41) is 7.99. The lowest BCUT2D eigenvalue weighted by Crippen LogP contribution is -2.30. The topological polar surface area (TPSA) is 51.0 Å². The number of hydrogen-bond acceptors (Lipinski definition) is 4. The van der Waals surface area contributed by atoms with Gasteiger partial charge in [0, 0.05) is 12.0 Å². The molecule has 0 spiro atoms. The van der Waals surface area contributed by atoms with E-state index in [1.807, 2.05) is 0 Å². The SMILES string of the molecule is CC1CCC(c2noc(C3CC4CCCCC4N3)n2)C1. The van der Waals surface area contributed by atoms with Gasteiger partial charge in [-0.3, -0.25) is 0 Å². The van der Waals surface area contributed by atoms with Crippen molar-refractivity contribution in [3.8, 4) is 0 Å². The molecule has 4 heteroatoms. The number of hydrogen-bond donors (Lipinski definition) is 1. The van der Waals surface area contributed by atoms with Crippen LogP contribution in [0.3, 0.4) is 0 Å². The summed E-state index contributed by atoms with van der Waals surface area (Å²) in [6.07, 6.45) is 10.4. The lowest BCUT2D eigenvalue weighted by atomic mass is 9.85. The summed E-state index contributed by atoms with van der Waals surface area (Å²) in [5.74, 6) is 3.98. The second-order valence-electron chi connectivity index (χ2n) is 7.21. The van der Waals surface area contributed by atoms with Crippen LogP contribution >= 0.6 is 0 Å². The molecule has 1 N–H and O–H groups in total. The predicted molar refractivity (Wildman–Crippen MR) is 76.3 cm³/mol. The molecule has 0 amide bonds. The van der Waals surface area contributed by atoms with Crippen LogP contribution in [0.2, 0.25) is 0 Å². The molecule has 20 heavy (non-hydrogen) atoms. The molecule has 1 aliphatic heterocycles. The number of nitrogens with one attached hydrogen (secondary N) is 1. The molecule has 3 fully saturated rings. The quantitative estimate of drug-likeness (QED) is 0.896. The Hall–Kier alpha value is -0.900. The molecular weight excluding hydrogens is 250 g/mol. The Morgan fingerprint density at radius 1 is 1.10 bits per heavy atom. The standard InChI is InChI=1S/C16H25N3O/c1-10-6-7-12(8-10)15-18-16(20-19-15)14-9-11-4-2-3-5-13(11)17-14/h10-14,17H,2-9H2,1H3. The zero-order chi connectivity index (χ0) is 13.5. The van der Waals surface area contributed by atoms with Crippen LogP contribution in [0, 0.1) is 11.8 Å². The summed E-state index contributed by atoms with van der Waals surface area (Å²) in [7, 11) is 0. The van der Waals surface area contributed by atoms with Gasteiger partial charge < -0.3 is 9.84 Å². The van der Waals surface area contributed by atoms with Crippen molar-refractivity contribution in [3.05, 3.63) is 11.7 Å². The molecule has 4 nitrogen and oxygen atoms in total. The van der Waals surface area contributed by atoms with Crippen LogP contribution in [-0.2, 0) is 0 Å². The van der Waals surface area contributed by atoms with Gasteiger partial charge in [-0.2, -0.15) is 4.98 Å². The Morgan fingerprint density at radius 2 is 2.00 bits per heavy atom. The molecular formula is C16H25N3O. The van der Waals surface area contributed by atoms with Crippen LogP contribution in [0.15, 0.2) is 4.52 Å². The number of fused-ring (bicyclic) bond motifs is 1. The van der Waals surface area contributed by atoms with Crippen molar-refractivity contribution < 1.29 is 4.52 Å². The molecule has 2 saturated carbocycles. The molecule has 5 unspecified atom stereocenters. The maximum absolute atomic E-state index is 5.58. The molecule has 2 heterocycles. The molecule has 5 atom stereocenters. The minimum atomic E-state index is 0.308. The molecule has 0 bridgehead atoms. The van der Waals surface area contributed by atoms with Gasteiger partial charge in [-0.1, -0.05) is 24.9 Å². The van der Waals surface area contributed by atoms with Crippen molar-refractivity contribution in [1.29, 1.82) is 0 Å². The van der Waals surface area contributed by atoms with Crippen LogP contribution in [0.5, 0.6) is 0 Å². The molecule has 4 rings (SSSR count). The fraction of sp³-hybridized carbons (Fsp3) is 0.875. The van der Waals surface area contributed by atoms with Gasteiger partial charge in [-0.15, -0.1) is 0 Å². The van der Waals surface area contributed by atoms with Crippen molar-refractivity contribution in [2.45, 2.75) is 76.3 Å². The van der Waals surface area contributed by atoms with E-state index < -0.39 is 0 Å². The monoisotopic (exact) mass is 275 g/mol. The van der Waals surface area contributed by atoms with E-state index >= 15 is 0 Å². The number of nitrogens with zero attached hydrogens (tertiary/aromatic N) is 2. The third-order valence-corrected chi connectivity index (χ3v) is 5.68. The van der Waals surface area contributed by atoms with Gasteiger partial charge in [0.1, 0.15) is 0 Å². The highest BCUT2D eigenvalue weighted by Crippen LogP contribution is 2.40. The molecule has 0 radical (unpaired) electrons. The van der Waals surface area contributed by atoms with Gasteiger partial charge in [-0.05, 0) is 50.4 Å². The second kappa shape index (κ2) is 5.14. The average Bonchev–Trinajstić information content (AvgIpc) is 3.16. The van der Waals surface area contributed by atoms with Gasteiger partial charge in [0.2, 0.25) is 5.89 Å². The smallest absolute Gasteiger partial charge is 0.243 e. The van der Waals surface area contributed by atoms with Crippen molar-refractivity contribution in [1.82, 2.24) is 15.5 Å². The average molecular weight is 275 g/mol. The normalized spacial score (nSPS) is 41.0. The van der Waals surface area contributed by atoms with Crippen LogP contribution in [0.25, 0.3) is 0 Å². The number of aromatic nitrogens is 2. The minimum absolute atomic E-state index is 0.308. The first-order valence-corrected chi connectivity index (χ1v) is 8.39. The zero-order valence-electron chi connectivity index (χ0n) is 12.3. The molecule has 2 aliphatic carbocycles. The van der Waals surface area contributed by atoms with Crippen LogP contribution in [0.1, 0.15) is 82.0 Å². The third kappa shape index (κ3) is 2.28. The fourth-order valence-electron chi connectivity index (χ4n) is 4.51. The maximum atomic E-state index is 5.58. The Bertz CT molecular complexity index is 458. The van der Waals surface area contributed by atoms with Crippen molar-refractivity contribution in [2.75, 3.05) is 0 Å². The lowest BCUT2D eigenvalue weighted by molar-refractivity contribution is 0.323. The molecule has 110 valence electrons. The Morgan fingerprint density at radius 3 is 2.80 bits per heavy atom. The Kier molecular flexibility index (Phi) is 3.29. The molecule has 1 aromatic rings. The summed E-state index contributed by atoms with van der Waals surface area (Å²) in [6, 6.07) is 0.999. The van der Waals surface area contributed by atoms with Gasteiger partial charge in [0.05, 0.1) is 6.04 Å². The van der Waals surface area contributed by atoms with E-state index in [0.29, 0.717) is 18.0 Å². The summed E-state index contributed by atoms with van der Waals surface area (Å²) in [6.45, 7) is 2.32. The van der Waals surface area contributed by atoms with Gasteiger partial charge in [0.25, 0.3) is 0 Å². The van der Waals surface area contributed by atoms with E-state index in [1.54, 1.807) is 0 Å². The predicted octanol–water partition coefficient (Wildman–Crippen LogP) is 3.57. The van der Waals surface area contributed by atoms with E-state index in [9.17, 15) is 0 Å². The van der Waals surface area contributed by atoms with Crippen LogP contribution in [-0.4, -0.2) is 16.2 Å². The zero-order valence-corrected chi connectivity index (χ0v) is 12.3. The lowest BCUT2D eigenvalue weighted by Gasteiger charge is -2.24. The van der Waals surface area contributed by atoms with E-state index in [0.717, 1.165) is 23.6 Å². The van der Waals surface area contributed by atoms with E-state index in [2.05, 4.69) is 17.4 Å². The van der Waals surface area contributed by atoms with Crippen LogP contribution < -0.4 is 5.32 Å². The summed E-state index contributed by atoms with van der Waals surface area (Å²) >= 11 is 0. The third-order valence-electron chi connectivity index (χ3n) is 5.68. The largest absolute Gasteiger partial charge is 0.338 e. The van der Waals surface area contributed by atoms with Gasteiger partial charge in [0.15, 0.2) is 5.82 Å². The second-order valence-corrected chi connectivity index (χ2v) is 7.21. The highest BCUT2D eigenvalue weighted by atomic mass is 16.5. The van der Waals surface area contributed by atoms with Gasteiger partial charge >= 0.3 is 0 Å².